The van der Waals surface area contributed by atoms with Gasteiger partial charge in [-0.15, -0.1) is 0 Å². The van der Waals surface area contributed by atoms with E-state index in [1.807, 2.05) is 0 Å². The van der Waals surface area contributed by atoms with Crippen LogP contribution in [0.15, 0.2) is 36.4 Å². The van der Waals surface area contributed by atoms with E-state index in [1.165, 1.54) is 89.2 Å². The number of unbranched alkanes of at least 4 members (excludes halogenated alkanes) is 14. The summed E-state index contributed by atoms with van der Waals surface area (Å²) in [7, 11) is 0. The van der Waals surface area contributed by atoms with Gasteiger partial charge in [0.25, 0.3) is 0 Å². The number of carbonyl (C=O) groups is 2. The highest BCUT2D eigenvalue weighted by molar-refractivity contribution is 6.35. The number of benzene rings is 2. The third-order valence-corrected chi connectivity index (χ3v) is 7.34. The van der Waals surface area contributed by atoms with Crippen molar-refractivity contribution < 1.29 is 23.8 Å². The molecule has 0 heterocycles. The first kappa shape index (κ1) is 34.3. The van der Waals surface area contributed by atoms with Gasteiger partial charge in [0.1, 0.15) is 5.75 Å². The molecule has 0 aromatic heterocycles. The Labute approximate surface area is 254 Å². The second kappa shape index (κ2) is 20.9. The molecule has 0 aliphatic heterocycles. The SMILES string of the molecule is CCCCCCCCCCCCCCCCCC(=O)OCC(=O)Oc1cc(Cl)ccc1Oc1ccc(Cl)cc1Cl. The maximum Gasteiger partial charge on any atom is 0.349 e. The molecule has 5 nitrogen and oxygen atoms in total. The fourth-order valence-corrected chi connectivity index (χ4v) is 4.94. The van der Waals surface area contributed by atoms with Gasteiger partial charge in [0.15, 0.2) is 18.1 Å². The van der Waals surface area contributed by atoms with Gasteiger partial charge in [0.05, 0.1) is 5.02 Å². The molecule has 0 aliphatic carbocycles. The second-order valence-electron chi connectivity index (χ2n) is 10.1. The van der Waals surface area contributed by atoms with Crippen LogP contribution >= 0.6 is 34.8 Å². The summed E-state index contributed by atoms with van der Waals surface area (Å²) in [6.45, 7) is 1.76. The van der Waals surface area contributed by atoms with Crippen molar-refractivity contribution in [2.75, 3.05) is 6.61 Å². The van der Waals surface area contributed by atoms with Crippen molar-refractivity contribution in [3.8, 4) is 17.2 Å². The number of hydrogen-bond donors (Lipinski definition) is 0. The highest BCUT2D eigenvalue weighted by Crippen LogP contribution is 2.37. The van der Waals surface area contributed by atoms with E-state index in [-0.39, 0.29) is 17.9 Å². The predicted molar refractivity (Wildman–Crippen MR) is 164 cm³/mol. The summed E-state index contributed by atoms with van der Waals surface area (Å²) in [6, 6.07) is 9.36. The zero-order valence-corrected chi connectivity index (χ0v) is 25.9. The Balaban J connectivity index is 1.55. The monoisotopic (exact) mass is 612 g/mol. The summed E-state index contributed by atoms with van der Waals surface area (Å²) >= 11 is 18.2. The highest BCUT2D eigenvalue weighted by Gasteiger charge is 2.15. The maximum absolute atomic E-state index is 12.3. The number of esters is 2. The Morgan fingerprint density at radius 1 is 0.600 bits per heavy atom. The molecule has 0 spiro atoms. The number of carbonyl (C=O) groups excluding carboxylic acids is 2. The van der Waals surface area contributed by atoms with Gasteiger partial charge in [-0.2, -0.15) is 0 Å². The van der Waals surface area contributed by atoms with Crippen LogP contribution in [0.4, 0.5) is 0 Å². The van der Waals surface area contributed by atoms with Crippen molar-refractivity contribution in [3.63, 3.8) is 0 Å². The lowest BCUT2D eigenvalue weighted by Gasteiger charge is -2.13. The molecule has 2 aromatic carbocycles. The minimum Gasteiger partial charge on any atom is -0.454 e. The number of halogens is 3. The van der Waals surface area contributed by atoms with Crippen molar-refractivity contribution in [2.45, 2.75) is 110 Å². The molecule has 0 atom stereocenters. The second-order valence-corrected chi connectivity index (χ2v) is 11.4. The molecule has 2 rings (SSSR count). The zero-order chi connectivity index (χ0) is 29.0. The van der Waals surface area contributed by atoms with Gasteiger partial charge in [0, 0.05) is 22.5 Å². The van der Waals surface area contributed by atoms with Crippen LogP contribution in [0.25, 0.3) is 0 Å². The molecule has 2 aromatic rings. The smallest absolute Gasteiger partial charge is 0.349 e. The lowest BCUT2D eigenvalue weighted by atomic mass is 10.0. The van der Waals surface area contributed by atoms with E-state index in [0.717, 1.165) is 19.3 Å². The van der Waals surface area contributed by atoms with Gasteiger partial charge >= 0.3 is 11.9 Å². The zero-order valence-electron chi connectivity index (χ0n) is 23.7. The molecule has 0 fully saturated rings. The fourth-order valence-electron chi connectivity index (χ4n) is 4.33. The van der Waals surface area contributed by atoms with Gasteiger partial charge in [-0.1, -0.05) is 132 Å². The summed E-state index contributed by atoms with van der Waals surface area (Å²) in [5.74, 6) is -0.505. The van der Waals surface area contributed by atoms with Gasteiger partial charge < -0.3 is 14.2 Å². The third kappa shape index (κ3) is 15.2. The van der Waals surface area contributed by atoms with Gasteiger partial charge in [-0.25, -0.2) is 4.79 Å². The first-order chi connectivity index (χ1) is 19.4. The Bertz CT molecular complexity index is 1030. The highest BCUT2D eigenvalue weighted by atomic mass is 35.5. The normalized spacial score (nSPS) is 10.9. The molecule has 222 valence electrons. The van der Waals surface area contributed by atoms with Crippen molar-refractivity contribution in [3.05, 3.63) is 51.5 Å². The van der Waals surface area contributed by atoms with Gasteiger partial charge in [-0.05, 0) is 36.8 Å². The van der Waals surface area contributed by atoms with E-state index < -0.39 is 18.5 Å². The van der Waals surface area contributed by atoms with Crippen molar-refractivity contribution in [2.24, 2.45) is 0 Å². The molecule has 0 radical (unpaired) electrons. The minimum absolute atomic E-state index is 0.0852. The molecule has 40 heavy (non-hydrogen) atoms. The summed E-state index contributed by atoms with van der Waals surface area (Å²) in [6.07, 6.45) is 19.2. The molecule has 0 amide bonds. The predicted octanol–water partition coefficient (Wildman–Crippen LogP) is 11.1. The molecule has 0 saturated carbocycles. The average Bonchev–Trinajstić information content (AvgIpc) is 2.92. The van der Waals surface area contributed by atoms with E-state index in [2.05, 4.69) is 6.92 Å². The van der Waals surface area contributed by atoms with E-state index in [0.29, 0.717) is 20.8 Å². The summed E-state index contributed by atoms with van der Waals surface area (Å²) < 4.78 is 16.2. The Hall–Kier alpha value is -1.95. The van der Waals surface area contributed by atoms with Gasteiger partial charge in [-0.3, -0.25) is 4.79 Å². The molecule has 0 bridgehead atoms. The van der Waals surface area contributed by atoms with Crippen LogP contribution in [-0.2, 0) is 14.3 Å². The van der Waals surface area contributed by atoms with Crippen molar-refractivity contribution >= 4 is 46.7 Å². The number of ether oxygens (including phenoxy) is 3. The molecular weight excluding hydrogens is 571 g/mol. The summed E-state index contributed by atoms with van der Waals surface area (Å²) in [5, 5.41) is 1.11. The summed E-state index contributed by atoms with van der Waals surface area (Å²) in [5.41, 5.74) is 0. The fraction of sp³-hybridized carbons (Fsp3) is 0.562. The van der Waals surface area contributed by atoms with Crippen LogP contribution in [0.1, 0.15) is 110 Å². The van der Waals surface area contributed by atoms with Crippen LogP contribution in [0, 0.1) is 0 Å². The Morgan fingerprint density at radius 3 is 1.65 bits per heavy atom. The largest absolute Gasteiger partial charge is 0.454 e. The van der Waals surface area contributed by atoms with E-state index in [9.17, 15) is 9.59 Å². The van der Waals surface area contributed by atoms with E-state index >= 15 is 0 Å². The van der Waals surface area contributed by atoms with Crippen LogP contribution in [0.5, 0.6) is 17.2 Å². The lowest BCUT2D eigenvalue weighted by Crippen LogP contribution is -2.19. The van der Waals surface area contributed by atoms with Gasteiger partial charge in [0.2, 0.25) is 0 Å². The molecule has 0 aliphatic rings. The first-order valence-electron chi connectivity index (χ1n) is 14.7. The third-order valence-electron chi connectivity index (χ3n) is 6.58. The van der Waals surface area contributed by atoms with E-state index in [4.69, 9.17) is 49.0 Å². The standard InChI is InChI=1S/C32H43Cl3O5/c1-2-3-4-5-6-7-8-9-10-11-12-13-14-15-16-17-31(36)38-24-32(37)40-30-23-26(34)19-21-29(30)39-28-20-18-25(33)22-27(28)35/h18-23H,2-17,24H2,1H3. The van der Waals surface area contributed by atoms with Crippen LogP contribution in [0.2, 0.25) is 15.1 Å². The summed E-state index contributed by atoms with van der Waals surface area (Å²) in [4.78, 5) is 24.4. The van der Waals surface area contributed by atoms with Crippen LogP contribution < -0.4 is 9.47 Å². The molecule has 0 saturated heterocycles. The minimum atomic E-state index is -0.737. The molecule has 8 heteroatoms. The van der Waals surface area contributed by atoms with Crippen LogP contribution in [0.3, 0.4) is 0 Å². The molecular formula is C32H43Cl3O5. The average molecular weight is 614 g/mol. The first-order valence-corrected chi connectivity index (χ1v) is 15.8. The lowest BCUT2D eigenvalue weighted by molar-refractivity contribution is -0.153. The van der Waals surface area contributed by atoms with Crippen molar-refractivity contribution in [1.82, 2.24) is 0 Å². The number of rotatable bonds is 21. The molecule has 0 unspecified atom stereocenters. The molecule has 0 N–H and O–H groups in total. The Kier molecular flexibility index (Phi) is 17.9. The Morgan fingerprint density at radius 2 is 1.10 bits per heavy atom. The topological polar surface area (TPSA) is 61.8 Å². The van der Waals surface area contributed by atoms with Crippen LogP contribution in [-0.4, -0.2) is 18.5 Å². The van der Waals surface area contributed by atoms with E-state index in [1.54, 1.807) is 24.3 Å². The quantitative estimate of drug-likeness (QED) is 0.0796. The maximum atomic E-state index is 12.3. The number of hydrogen-bond acceptors (Lipinski definition) is 5. The van der Waals surface area contributed by atoms with Crippen molar-refractivity contribution in [1.29, 1.82) is 0 Å².